The van der Waals surface area contributed by atoms with E-state index in [4.69, 9.17) is 5.73 Å². The molecule has 0 radical (unpaired) electrons. The standard InChI is InChI=1S/C14H11N3S/c15-10-5-7-11(8-6-10)18-14-12-3-1-2-4-13(12)16-9-17-14/h1-9H,15H2. The summed E-state index contributed by atoms with van der Waals surface area (Å²) < 4.78 is 0. The van der Waals surface area contributed by atoms with E-state index >= 15 is 0 Å². The smallest absolute Gasteiger partial charge is 0.117 e. The largest absolute Gasteiger partial charge is 0.399 e. The molecule has 1 heterocycles. The Morgan fingerprint density at radius 2 is 1.67 bits per heavy atom. The maximum atomic E-state index is 5.68. The molecule has 2 N–H and O–H groups in total. The quantitative estimate of drug-likeness (QED) is 0.562. The average Bonchev–Trinajstić information content (AvgIpc) is 2.42. The van der Waals surface area contributed by atoms with Crippen molar-refractivity contribution in [3.8, 4) is 0 Å². The zero-order chi connectivity index (χ0) is 12.4. The van der Waals surface area contributed by atoms with Crippen molar-refractivity contribution in [1.29, 1.82) is 0 Å². The Balaban J connectivity index is 2.02. The van der Waals surface area contributed by atoms with Crippen molar-refractivity contribution in [1.82, 2.24) is 9.97 Å². The van der Waals surface area contributed by atoms with Crippen molar-refractivity contribution >= 4 is 28.4 Å². The maximum Gasteiger partial charge on any atom is 0.117 e. The number of anilines is 1. The van der Waals surface area contributed by atoms with E-state index in [9.17, 15) is 0 Å². The molecule has 0 atom stereocenters. The number of nitrogens with zero attached hydrogens (tertiary/aromatic N) is 2. The van der Waals surface area contributed by atoms with Gasteiger partial charge in [0.1, 0.15) is 11.4 Å². The van der Waals surface area contributed by atoms with Crippen LogP contribution in [0.2, 0.25) is 0 Å². The van der Waals surface area contributed by atoms with Crippen molar-refractivity contribution < 1.29 is 0 Å². The Labute approximate surface area is 109 Å². The number of rotatable bonds is 2. The van der Waals surface area contributed by atoms with Gasteiger partial charge in [-0.2, -0.15) is 0 Å². The lowest BCUT2D eigenvalue weighted by molar-refractivity contribution is 1.10. The van der Waals surface area contributed by atoms with E-state index < -0.39 is 0 Å². The minimum atomic E-state index is 0.770. The summed E-state index contributed by atoms with van der Waals surface area (Å²) in [6.45, 7) is 0. The second-order valence-electron chi connectivity index (χ2n) is 3.87. The highest BCUT2D eigenvalue weighted by molar-refractivity contribution is 7.99. The van der Waals surface area contributed by atoms with E-state index in [0.717, 1.165) is 26.5 Å². The first kappa shape index (κ1) is 11.0. The van der Waals surface area contributed by atoms with Gasteiger partial charge in [-0.25, -0.2) is 9.97 Å². The molecule has 2 aromatic carbocycles. The van der Waals surface area contributed by atoms with Crippen LogP contribution in [0, 0.1) is 0 Å². The molecule has 0 saturated carbocycles. The summed E-state index contributed by atoms with van der Waals surface area (Å²) in [5.74, 6) is 0. The Hall–Kier alpha value is -2.07. The van der Waals surface area contributed by atoms with Crippen molar-refractivity contribution in [2.75, 3.05) is 5.73 Å². The number of para-hydroxylation sites is 1. The number of nitrogens with two attached hydrogens (primary N) is 1. The van der Waals surface area contributed by atoms with E-state index in [0.29, 0.717) is 0 Å². The molecule has 0 saturated heterocycles. The summed E-state index contributed by atoms with van der Waals surface area (Å²) in [4.78, 5) is 9.72. The molecule has 3 rings (SSSR count). The summed E-state index contributed by atoms with van der Waals surface area (Å²) in [5, 5.41) is 2.03. The first-order valence-corrected chi connectivity index (χ1v) is 6.38. The zero-order valence-corrected chi connectivity index (χ0v) is 10.4. The highest BCUT2D eigenvalue weighted by atomic mass is 32.2. The fourth-order valence-electron chi connectivity index (χ4n) is 1.71. The molecule has 0 unspecified atom stereocenters. The van der Waals surface area contributed by atoms with E-state index in [-0.39, 0.29) is 0 Å². The molecule has 18 heavy (non-hydrogen) atoms. The Morgan fingerprint density at radius 3 is 2.50 bits per heavy atom. The molecular weight excluding hydrogens is 242 g/mol. The number of nitrogen functional groups attached to an aromatic ring is 1. The first-order valence-electron chi connectivity index (χ1n) is 5.56. The summed E-state index contributed by atoms with van der Waals surface area (Å²) in [6.07, 6.45) is 1.60. The molecular formula is C14H11N3S. The zero-order valence-electron chi connectivity index (χ0n) is 9.58. The van der Waals surface area contributed by atoms with E-state index in [1.807, 2.05) is 48.5 Å². The third-order valence-corrected chi connectivity index (χ3v) is 3.63. The molecule has 0 fully saturated rings. The average molecular weight is 253 g/mol. The van der Waals surface area contributed by atoms with Gasteiger partial charge in [-0.1, -0.05) is 30.0 Å². The number of hydrogen-bond acceptors (Lipinski definition) is 4. The molecule has 0 bridgehead atoms. The third kappa shape index (κ3) is 2.15. The Morgan fingerprint density at radius 1 is 0.889 bits per heavy atom. The molecule has 0 amide bonds. The van der Waals surface area contributed by atoms with Crippen LogP contribution >= 0.6 is 11.8 Å². The topological polar surface area (TPSA) is 51.8 Å². The summed E-state index contributed by atoms with van der Waals surface area (Å²) in [7, 11) is 0. The molecule has 0 aliphatic carbocycles. The second-order valence-corrected chi connectivity index (χ2v) is 4.93. The van der Waals surface area contributed by atoms with Crippen LogP contribution in [-0.4, -0.2) is 9.97 Å². The number of hydrogen-bond donors (Lipinski definition) is 1. The van der Waals surface area contributed by atoms with Crippen LogP contribution in [0.4, 0.5) is 5.69 Å². The van der Waals surface area contributed by atoms with Gasteiger partial charge in [0.05, 0.1) is 5.52 Å². The minimum absolute atomic E-state index is 0.770. The van der Waals surface area contributed by atoms with Crippen LogP contribution in [0.25, 0.3) is 10.9 Å². The van der Waals surface area contributed by atoms with Gasteiger partial charge in [0.25, 0.3) is 0 Å². The fraction of sp³-hybridized carbons (Fsp3) is 0. The Bertz CT molecular complexity index is 675. The Kier molecular flexibility index (Phi) is 2.86. The molecule has 4 heteroatoms. The summed E-state index contributed by atoms with van der Waals surface area (Å²) >= 11 is 1.62. The third-order valence-electron chi connectivity index (χ3n) is 2.60. The molecule has 0 aliphatic heterocycles. The first-order chi connectivity index (χ1) is 8.83. The SMILES string of the molecule is Nc1ccc(Sc2ncnc3ccccc23)cc1. The highest BCUT2D eigenvalue weighted by Crippen LogP contribution is 2.31. The lowest BCUT2D eigenvalue weighted by Crippen LogP contribution is -1.87. The maximum absolute atomic E-state index is 5.68. The van der Waals surface area contributed by atoms with Gasteiger partial charge in [0.2, 0.25) is 0 Å². The van der Waals surface area contributed by atoms with E-state index in [1.54, 1.807) is 18.1 Å². The predicted octanol–water partition coefficient (Wildman–Crippen LogP) is 3.36. The normalized spacial score (nSPS) is 10.7. The fourth-order valence-corrected chi connectivity index (χ4v) is 2.59. The van der Waals surface area contributed by atoms with E-state index in [1.165, 1.54) is 0 Å². The monoisotopic (exact) mass is 253 g/mol. The van der Waals surface area contributed by atoms with Gasteiger partial charge in [-0.15, -0.1) is 0 Å². The predicted molar refractivity (Wildman–Crippen MR) is 74.5 cm³/mol. The van der Waals surface area contributed by atoms with Crippen LogP contribution in [0.3, 0.4) is 0 Å². The number of benzene rings is 2. The molecule has 88 valence electrons. The van der Waals surface area contributed by atoms with Crippen molar-refractivity contribution in [2.45, 2.75) is 9.92 Å². The van der Waals surface area contributed by atoms with E-state index in [2.05, 4.69) is 9.97 Å². The summed E-state index contributed by atoms with van der Waals surface area (Å²) in [6, 6.07) is 15.8. The van der Waals surface area contributed by atoms with Gasteiger partial charge in [-0.05, 0) is 30.3 Å². The van der Waals surface area contributed by atoms with Gasteiger partial charge in [0, 0.05) is 16.0 Å². The van der Waals surface area contributed by atoms with Gasteiger partial charge in [0.15, 0.2) is 0 Å². The van der Waals surface area contributed by atoms with Gasteiger partial charge < -0.3 is 5.73 Å². The van der Waals surface area contributed by atoms with Gasteiger partial charge >= 0.3 is 0 Å². The summed E-state index contributed by atoms with van der Waals surface area (Å²) in [5.41, 5.74) is 7.41. The molecule has 3 nitrogen and oxygen atoms in total. The van der Waals surface area contributed by atoms with Crippen LogP contribution in [-0.2, 0) is 0 Å². The lowest BCUT2D eigenvalue weighted by atomic mass is 10.2. The molecule has 3 aromatic rings. The van der Waals surface area contributed by atoms with Gasteiger partial charge in [-0.3, -0.25) is 0 Å². The van der Waals surface area contributed by atoms with Crippen molar-refractivity contribution in [3.63, 3.8) is 0 Å². The molecule has 0 aliphatic rings. The minimum Gasteiger partial charge on any atom is -0.399 e. The second kappa shape index (κ2) is 4.66. The van der Waals surface area contributed by atoms with Crippen LogP contribution in [0.1, 0.15) is 0 Å². The number of fused-ring (bicyclic) bond motifs is 1. The van der Waals surface area contributed by atoms with Crippen LogP contribution in [0.15, 0.2) is 64.8 Å². The van der Waals surface area contributed by atoms with Crippen LogP contribution < -0.4 is 5.73 Å². The lowest BCUT2D eigenvalue weighted by Gasteiger charge is -2.04. The number of aromatic nitrogens is 2. The van der Waals surface area contributed by atoms with Crippen molar-refractivity contribution in [2.24, 2.45) is 0 Å². The molecule has 1 aromatic heterocycles. The highest BCUT2D eigenvalue weighted by Gasteiger charge is 2.04. The van der Waals surface area contributed by atoms with Crippen LogP contribution in [0.5, 0.6) is 0 Å². The molecule has 0 spiro atoms. The van der Waals surface area contributed by atoms with Crippen molar-refractivity contribution in [3.05, 3.63) is 54.9 Å².